The highest BCUT2D eigenvalue weighted by Crippen LogP contribution is 2.34. The van der Waals surface area contributed by atoms with Gasteiger partial charge in [-0.3, -0.25) is 19.1 Å². The lowest BCUT2D eigenvalue weighted by atomic mass is 10.1. The van der Waals surface area contributed by atoms with Gasteiger partial charge in [-0.05, 0) is 43.7 Å². The molecular formula is C22H25N3O6S. The number of amides is 3. The van der Waals surface area contributed by atoms with Gasteiger partial charge in [0.15, 0.2) is 0 Å². The van der Waals surface area contributed by atoms with Gasteiger partial charge in [-0.25, -0.2) is 13.3 Å². The third kappa shape index (κ3) is 4.75. The maximum atomic E-state index is 13.1. The summed E-state index contributed by atoms with van der Waals surface area (Å²) in [4.78, 5) is 37.7. The van der Waals surface area contributed by atoms with Gasteiger partial charge in [0.05, 0.1) is 28.9 Å². The first kappa shape index (κ1) is 23.3. The summed E-state index contributed by atoms with van der Waals surface area (Å²) in [6, 6.07) is 10.1. The molecule has 2 aromatic carbocycles. The normalized spacial score (nSPS) is 14.9. The van der Waals surface area contributed by atoms with Gasteiger partial charge in [0.1, 0.15) is 5.75 Å². The molecule has 0 unspecified atom stereocenters. The SMILES string of the molecule is CC[C@@H](C)NC(=O)c1ccccc1NS(=O)(=O)c1ccc(OC)c(N2C(=O)CCC2=O)c1. The van der Waals surface area contributed by atoms with Crippen molar-refractivity contribution in [2.45, 2.75) is 44.0 Å². The molecule has 1 fully saturated rings. The average Bonchev–Trinajstić information content (AvgIpc) is 3.10. The summed E-state index contributed by atoms with van der Waals surface area (Å²) in [5.74, 6) is -1.06. The van der Waals surface area contributed by atoms with Gasteiger partial charge >= 0.3 is 0 Å². The van der Waals surface area contributed by atoms with Crippen molar-refractivity contribution in [2.24, 2.45) is 0 Å². The highest BCUT2D eigenvalue weighted by atomic mass is 32.2. The molecule has 10 heteroatoms. The van der Waals surface area contributed by atoms with Crippen molar-refractivity contribution in [1.82, 2.24) is 5.32 Å². The van der Waals surface area contributed by atoms with Crippen molar-refractivity contribution in [1.29, 1.82) is 0 Å². The van der Waals surface area contributed by atoms with E-state index < -0.39 is 27.7 Å². The molecule has 0 saturated carbocycles. The highest BCUT2D eigenvalue weighted by molar-refractivity contribution is 7.92. The fourth-order valence-electron chi connectivity index (χ4n) is 3.23. The topological polar surface area (TPSA) is 122 Å². The lowest BCUT2D eigenvalue weighted by Crippen LogP contribution is -2.32. The molecule has 2 aromatic rings. The zero-order valence-corrected chi connectivity index (χ0v) is 18.9. The molecule has 0 radical (unpaired) electrons. The Hall–Kier alpha value is -3.40. The molecule has 3 amide bonds. The number of ether oxygens (including phenoxy) is 1. The van der Waals surface area contributed by atoms with E-state index >= 15 is 0 Å². The van der Waals surface area contributed by atoms with E-state index in [9.17, 15) is 22.8 Å². The molecular weight excluding hydrogens is 434 g/mol. The number of hydrogen-bond acceptors (Lipinski definition) is 6. The number of carbonyl (C=O) groups is 3. The lowest BCUT2D eigenvalue weighted by molar-refractivity contribution is -0.121. The Morgan fingerprint density at radius 1 is 1.12 bits per heavy atom. The van der Waals surface area contributed by atoms with E-state index in [1.807, 2.05) is 13.8 Å². The van der Waals surface area contributed by atoms with Gasteiger partial charge in [0, 0.05) is 18.9 Å². The van der Waals surface area contributed by atoms with E-state index in [0.29, 0.717) is 0 Å². The van der Waals surface area contributed by atoms with Crippen LogP contribution in [0.2, 0.25) is 0 Å². The zero-order valence-electron chi connectivity index (χ0n) is 18.0. The third-order valence-electron chi connectivity index (χ3n) is 5.16. The summed E-state index contributed by atoms with van der Waals surface area (Å²) in [6.07, 6.45) is 0.827. The minimum absolute atomic E-state index is 0.0515. The summed E-state index contributed by atoms with van der Waals surface area (Å²) in [5, 5.41) is 2.81. The number of nitrogens with zero attached hydrogens (tertiary/aromatic N) is 1. The Labute approximate surface area is 186 Å². The number of para-hydroxylation sites is 1. The lowest BCUT2D eigenvalue weighted by Gasteiger charge is -2.19. The molecule has 1 aliphatic heterocycles. The number of imide groups is 1. The number of anilines is 2. The fourth-order valence-corrected chi connectivity index (χ4v) is 4.33. The summed E-state index contributed by atoms with van der Waals surface area (Å²) in [6.45, 7) is 3.78. The number of rotatable bonds is 8. The molecule has 2 N–H and O–H groups in total. The maximum Gasteiger partial charge on any atom is 0.261 e. The van der Waals surface area contributed by atoms with Crippen molar-refractivity contribution in [3.05, 3.63) is 48.0 Å². The molecule has 1 aliphatic rings. The van der Waals surface area contributed by atoms with Crippen LogP contribution < -0.4 is 19.7 Å². The van der Waals surface area contributed by atoms with Crippen LogP contribution in [0.3, 0.4) is 0 Å². The Morgan fingerprint density at radius 2 is 1.78 bits per heavy atom. The molecule has 32 heavy (non-hydrogen) atoms. The van der Waals surface area contributed by atoms with Crippen molar-refractivity contribution in [3.8, 4) is 5.75 Å². The van der Waals surface area contributed by atoms with Crippen LogP contribution in [-0.4, -0.2) is 39.3 Å². The van der Waals surface area contributed by atoms with E-state index in [2.05, 4.69) is 10.0 Å². The van der Waals surface area contributed by atoms with E-state index in [0.717, 1.165) is 11.3 Å². The second kappa shape index (κ2) is 9.39. The minimum Gasteiger partial charge on any atom is -0.495 e. The van der Waals surface area contributed by atoms with E-state index in [4.69, 9.17) is 4.74 Å². The number of sulfonamides is 1. The van der Waals surface area contributed by atoms with Gasteiger partial charge < -0.3 is 10.1 Å². The van der Waals surface area contributed by atoms with Crippen molar-refractivity contribution in [2.75, 3.05) is 16.7 Å². The number of benzene rings is 2. The average molecular weight is 460 g/mol. The molecule has 1 saturated heterocycles. The first-order valence-electron chi connectivity index (χ1n) is 10.1. The fraction of sp³-hybridized carbons (Fsp3) is 0.318. The van der Waals surface area contributed by atoms with Gasteiger partial charge in [-0.2, -0.15) is 0 Å². The molecule has 9 nitrogen and oxygen atoms in total. The number of hydrogen-bond donors (Lipinski definition) is 2. The van der Waals surface area contributed by atoms with Crippen molar-refractivity contribution < 1.29 is 27.5 Å². The van der Waals surface area contributed by atoms with E-state index in [-0.39, 0.29) is 46.5 Å². The smallest absolute Gasteiger partial charge is 0.261 e. The Morgan fingerprint density at radius 3 is 2.41 bits per heavy atom. The van der Waals surface area contributed by atoms with Gasteiger partial charge in [-0.1, -0.05) is 19.1 Å². The number of carbonyl (C=O) groups excluding carboxylic acids is 3. The molecule has 170 valence electrons. The Kier molecular flexibility index (Phi) is 6.83. The van der Waals surface area contributed by atoms with Crippen LogP contribution in [0, 0.1) is 0 Å². The second-order valence-electron chi connectivity index (χ2n) is 7.39. The minimum atomic E-state index is -4.15. The monoisotopic (exact) mass is 459 g/mol. The summed E-state index contributed by atoms with van der Waals surface area (Å²) in [5.41, 5.74) is 0.347. The Balaban J connectivity index is 1.97. The predicted octanol–water partition coefficient (Wildman–Crippen LogP) is 2.68. The van der Waals surface area contributed by atoms with Crippen LogP contribution in [0.4, 0.5) is 11.4 Å². The maximum absolute atomic E-state index is 13.1. The third-order valence-corrected chi connectivity index (χ3v) is 6.52. The predicted molar refractivity (Wildman–Crippen MR) is 119 cm³/mol. The molecule has 3 rings (SSSR count). The van der Waals surface area contributed by atoms with Crippen LogP contribution in [0.15, 0.2) is 47.4 Å². The zero-order chi connectivity index (χ0) is 23.5. The molecule has 1 atom stereocenters. The van der Waals surface area contributed by atoms with Crippen molar-refractivity contribution >= 4 is 39.1 Å². The number of methoxy groups -OCH3 is 1. The molecule has 0 bridgehead atoms. The van der Waals surface area contributed by atoms with Gasteiger partial charge in [0.2, 0.25) is 11.8 Å². The van der Waals surface area contributed by atoms with E-state index in [1.165, 1.54) is 37.4 Å². The largest absolute Gasteiger partial charge is 0.495 e. The molecule has 0 spiro atoms. The van der Waals surface area contributed by atoms with Crippen molar-refractivity contribution in [3.63, 3.8) is 0 Å². The highest BCUT2D eigenvalue weighted by Gasteiger charge is 2.33. The molecule has 1 heterocycles. The molecule has 0 aliphatic carbocycles. The summed E-state index contributed by atoms with van der Waals surface area (Å²) < 4.78 is 33.9. The summed E-state index contributed by atoms with van der Waals surface area (Å²) in [7, 11) is -2.79. The van der Waals surface area contributed by atoms with Crippen LogP contribution in [0.5, 0.6) is 5.75 Å². The van der Waals surface area contributed by atoms with E-state index in [1.54, 1.807) is 12.1 Å². The number of nitrogens with one attached hydrogen (secondary N) is 2. The first-order chi connectivity index (χ1) is 15.2. The molecule has 0 aromatic heterocycles. The first-order valence-corrected chi connectivity index (χ1v) is 11.6. The standard InChI is InChI=1S/C22H25N3O6S/c1-4-14(2)23-22(28)16-7-5-6-8-17(16)24-32(29,30)15-9-10-19(31-3)18(13-15)25-20(26)11-12-21(25)27/h5-10,13-14,24H,4,11-12H2,1-3H3,(H,23,28)/t14-/m1/s1. The van der Waals surface area contributed by atoms with Gasteiger partial charge in [0.25, 0.3) is 15.9 Å². The van der Waals surface area contributed by atoms with Crippen LogP contribution in [-0.2, 0) is 19.6 Å². The van der Waals surface area contributed by atoms with Gasteiger partial charge in [-0.15, -0.1) is 0 Å². The van der Waals surface area contributed by atoms with Crippen LogP contribution in [0.1, 0.15) is 43.5 Å². The summed E-state index contributed by atoms with van der Waals surface area (Å²) >= 11 is 0. The van der Waals surface area contributed by atoms with Crippen LogP contribution in [0.25, 0.3) is 0 Å². The Bertz CT molecular complexity index is 1150. The van der Waals surface area contributed by atoms with Crippen LogP contribution >= 0.6 is 0 Å². The second-order valence-corrected chi connectivity index (χ2v) is 9.07. The quantitative estimate of drug-likeness (QED) is 0.586.